The van der Waals surface area contributed by atoms with Crippen LogP contribution >= 0.6 is 0 Å². The highest BCUT2D eigenvalue weighted by atomic mass is 16.5. The molecule has 0 spiro atoms. The molecule has 0 bridgehead atoms. The van der Waals surface area contributed by atoms with Gasteiger partial charge in [0.25, 0.3) is 0 Å². The minimum atomic E-state index is 0.312. The van der Waals surface area contributed by atoms with Crippen LogP contribution < -0.4 is 11.5 Å². The van der Waals surface area contributed by atoms with Crippen LogP contribution in [0.2, 0.25) is 0 Å². The highest BCUT2D eigenvalue weighted by molar-refractivity contribution is 5.56. The maximum Gasteiger partial charge on any atom is 0.0740 e. The van der Waals surface area contributed by atoms with Crippen molar-refractivity contribution in [2.45, 2.75) is 124 Å². The number of benzene rings is 1. The summed E-state index contributed by atoms with van der Waals surface area (Å²) in [5.74, 6) is 6.14. The summed E-state index contributed by atoms with van der Waals surface area (Å²) in [4.78, 5) is 0. The van der Waals surface area contributed by atoms with Gasteiger partial charge in [0, 0.05) is 16.9 Å². The monoisotopic (exact) mass is 508 g/mol. The van der Waals surface area contributed by atoms with E-state index in [0.29, 0.717) is 23.5 Å². The Morgan fingerprint density at radius 2 is 1.73 bits per heavy atom. The van der Waals surface area contributed by atoms with Crippen LogP contribution in [-0.2, 0) is 11.3 Å². The Hall–Kier alpha value is -1.22. The largest absolute Gasteiger partial charge is 0.399 e. The van der Waals surface area contributed by atoms with Gasteiger partial charge in [-0.1, -0.05) is 66.4 Å². The van der Waals surface area contributed by atoms with E-state index in [9.17, 15) is 0 Å². The van der Waals surface area contributed by atoms with Gasteiger partial charge >= 0.3 is 0 Å². The Bertz CT molecular complexity index is 928. The van der Waals surface area contributed by atoms with Crippen molar-refractivity contribution in [3.63, 3.8) is 0 Å². The lowest BCUT2D eigenvalue weighted by Crippen LogP contribution is -2.58. The molecule has 37 heavy (non-hydrogen) atoms. The molecule has 4 aliphatic rings. The lowest BCUT2D eigenvalue weighted by Gasteiger charge is -2.62. The highest BCUT2D eigenvalue weighted by Crippen LogP contribution is 2.68. The number of rotatable bonds is 8. The van der Waals surface area contributed by atoms with Crippen LogP contribution in [0.15, 0.2) is 18.2 Å². The number of nitrogen functional groups attached to an aromatic ring is 2. The fourth-order valence-electron chi connectivity index (χ4n) is 10.5. The van der Waals surface area contributed by atoms with Gasteiger partial charge in [-0.15, -0.1) is 0 Å². The van der Waals surface area contributed by atoms with Crippen LogP contribution in [-0.4, -0.2) is 6.10 Å². The summed E-state index contributed by atoms with van der Waals surface area (Å²) >= 11 is 0. The van der Waals surface area contributed by atoms with Crippen LogP contribution in [0.1, 0.15) is 117 Å². The molecule has 0 aliphatic heterocycles. The predicted octanol–water partition coefficient (Wildman–Crippen LogP) is 8.86. The Balaban J connectivity index is 1.31. The number of anilines is 2. The molecule has 2 unspecified atom stereocenters. The first-order chi connectivity index (χ1) is 17.6. The zero-order valence-corrected chi connectivity index (χ0v) is 24.6. The quantitative estimate of drug-likeness (QED) is 0.345. The van der Waals surface area contributed by atoms with E-state index in [-0.39, 0.29) is 0 Å². The molecule has 4 fully saturated rings. The maximum absolute atomic E-state index is 6.85. The van der Waals surface area contributed by atoms with E-state index < -0.39 is 0 Å². The normalized spacial score (nSPS) is 40.2. The molecular weight excluding hydrogens is 452 g/mol. The molecule has 0 radical (unpaired) electrons. The van der Waals surface area contributed by atoms with E-state index in [0.717, 1.165) is 58.4 Å². The smallest absolute Gasteiger partial charge is 0.0740 e. The van der Waals surface area contributed by atoms with Crippen LogP contribution in [0.3, 0.4) is 0 Å². The summed E-state index contributed by atoms with van der Waals surface area (Å²) in [6.07, 6.45) is 17.2. The highest BCUT2D eigenvalue weighted by Gasteiger charge is 2.62. The molecule has 4 N–H and O–H groups in total. The number of fused-ring (bicyclic) bond motifs is 5. The van der Waals surface area contributed by atoms with Crippen molar-refractivity contribution in [2.24, 2.45) is 52.3 Å². The van der Waals surface area contributed by atoms with Crippen molar-refractivity contribution in [2.75, 3.05) is 11.5 Å². The molecule has 9 atom stereocenters. The van der Waals surface area contributed by atoms with Gasteiger partial charge in [0.2, 0.25) is 0 Å². The van der Waals surface area contributed by atoms with Gasteiger partial charge in [0.1, 0.15) is 0 Å². The SMILES string of the molecule is CC(C)CCC[C@@H](C)[C@H]1CC[C@H]2[C@@H]3CCC4CCCC(OCc5ccc(N)cc5N)[C@]4(C)[C@H]3CC[C@]12C. The van der Waals surface area contributed by atoms with Crippen molar-refractivity contribution in [1.29, 1.82) is 0 Å². The van der Waals surface area contributed by atoms with Gasteiger partial charge in [0.15, 0.2) is 0 Å². The van der Waals surface area contributed by atoms with Crippen LogP contribution in [0.5, 0.6) is 0 Å². The van der Waals surface area contributed by atoms with Gasteiger partial charge < -0.3 is 16.2 Å². The first-order valence-corrected chi connectivity index (χ1v) is 15.9. The van der Waals surface area contributed by atoms with Crippen molar-refractivity contribution in [1.82, 2.24) is 0 Å². The lowest BCUT2D eigenvalue weighted by atomic mass is 9.44. The molecule has 208 valence electrons. The van der Waals surface area contributed by atoms with Crippen LogP contribution in [0, 0.1) is 52.3 Å². The third kappa shape index (κ3) is 4.96. The van der Waals surface area contributed by atoms with E-state index in [4.69, 9.17) is 16.2 Å². The van der Waals surface area contributed by atoms with Gasteiger partial charge in [-0.05, 0) is 116 Å². The second-order valence-electron chi connectivity index (χ2n) is 14.7. The Morgan fingerprint density at radius 3 is 2.49 bits per heavy atom. The summed E-state index contributed by atoms with van der Waals surface area (Å²) in [6, 6.07) is 5.90. The summed E-state index contributed by atoms with van der Waals surface area (Å²) in [5, 5.41) is 0. The lowest BCUT2D eigenvalue weighted by molar-refractivity contribution is -0.184. The third-order valence-electron chi connectivity index (χ3n) is 12.5. The fourth-order valence-corrected chi connectivity index (χ4v) is 10.5. The molecule has 4 saturated carbocycles. The molecule has 0 heterocycles. The van der Waals surface area contributed by atoms with Gasteiger partial charge in [-0.2, -0.15) is 0 Å². The van der Waals surface area contributed by atoms with Gasteiger partial charge in [-0.25, -0.2) is 0 Å². The molecular formula is C34H56N2O. The number of ether oxygens (including phenoxy) is 1. The molecule has 5 rings (SSSR count). The van der Waals surface area contributed by atoms with Crippen molar-refractivity contribution in [3.8, 4) is 0 Å². The van der Waals surface area contributed by atoms with E-state index in [2.05, 4.69) is 40.7 Å². The average Bonchev–Trinajstić information content (AvgIpc) is 3.20. The Morgan fingerprint density at radius 1 is 0.919 bits per heavy atom. The molecule has 0 amide bonds. The van der Waals surface area contributed by atoms with E-state index in [1.807, 2.05) is 12.1 Å². The summed E-state index contributed by atoms with van der Waals surface area (Å²) in [5.41, 5.74) is 15.7. The molecule has 0 saturated heterocycles. The average molecular weight is 509 g/mol. The summed E-state index contributed by atoms with van der Waals surface area (Å²) in [6.45, 7) is 13.3. The van der Waals surface area contributed by atoms with Gasteiger partial charge in [0.05, 0.1) is 12.7 Å². The van der Waals surface area contributed by atoms with Crippen molar-refractivity contribution in [3.05, 3.63) is 23.8 Å². The zero-order valence-electron chi connectivity index (χ0n) is 24.6. The van der Waals surface area contributed by atoms with E-state index in [1.54, 1.807) is 0 Å². The standard InChI is InChI=1S/C34H56N2O/c1-22(2)8-6-9-23(3)28-16-17-29-27-15-13-25-10-7-11-32(34(25,5)30(27)18-19-33(28,29)4)37-21-24-12-14-26(35)20-31(24)36/h12,14,20,22-23,25,27-30,32H,6-11,13,15-19,21,35-36H2,1-5H3/t23-,25?,27+,28-,29+,30+,32?,33-,34+/m1/s1. The Kier molecular flexibility index (Phi) is 7.94. The zero-order chi connectivity index (χ0) is 26.4. The Labute approximate surface area is 227 Å². The summed E-state index contributed by atoms with van der Waals surface area (Å²) in [7, 11) is 0. The summed E-state index contributed by atoms with van der Waals surface area (Å²) < 4.78 is 6.85. The third-order valence-corrected chi connectivity index (χ3v) is 12.5. The fraction of sp³-hybridized carbons (Fsp3) is 0.824. The van der Waals surface area contributed by atoms with E-state index in [1.165, 1.54) is 77.0 Å². The van der Waals surface area contributed by atoms with Crippen LogP contribution in [0.25, 0.3) is 0 Å². The molecule has 3 nitrogen and oxygen atoms in total. The molecule has 1 aromatic rings. The first-order valence-electron chi connectivity index (χ1n) is 15.9. The van der Waals surface area contributed by atoms with Crippen molar-refractivity contribution >= 4 is 11.4 Å². The molecule has 3 heteroatoms. The number of hydrogen-bond acceptors (Lipinski definition) is 3. The first kappa shape index (κ1) is 27.4. The minimum Gasteiger partial charge on any atom is -0.399 e. The molecule has 0 aromatic heterocycles. The topological polar surface area (TPSA) is 61.3 Å². The molecule has 4 aliphatic carbocycles. The van der Waals surface area contributed by atoms with Crippen molar-refractivity contribution < 1.29 is 4.74 Å². The maximum atomic E-state index is 6.85. The number of hydrogen-bond donors (Lipinski definition) is 2. The second-order valence-corrected chi connectivity index (χ2v) is 14.7. The van der Waals surface area contributed by atoms with Gasteiger partial charge in [-0.3, -0.25) is 0 Å². The molecule has 1 aromatic carbocycles. The van der Waals surface area contributed by atoms with Crippen LogP contribution in [0.4, 0.5) is 11.4 Å². The second kappa shape index (κ2) is 10.7. The van der Waals surface area contributed by atoms with E-state index >= 15 is 0 Å². The minimum absolute atomic E-state index is 0.312. The number of nitrogens with two attached hydrogens (primary N) is 2. The predicted molar refractivity (Wildman–Crippen MR) is 157 cm³/mol.